The Hall–Kier alpha value is -3.91. The second-order valence-corrected chi connectivity index (χ2v) is 6.84. The maximum atomic E-state index is 13.4. The maximum Gasteiger partial charge on any atom is 0.330 e. The summed E-state index contributed by atoms with van der Waals surface area (Å²) < 4.78 is 34.2. The van der Waals surface area contributed by atoms with Gasteiger partial charge in [-0.2, -0.15) is 9.31 Å². The Labute approximate surface area is 181 Å². The fourth-order valence-electron chi connectivity index (χ4n) is 3.10. The highest BCUT2D eigenvalue weighted by Gasteiger charge is 2.18. The first-order chi connectivity index (χ1) is 15.5. The Balaban J connectivity index is 0.000000444. The summed E-state index contributed by atoms with van der Waals surface area (Å²) in [6.07, 6.45) is 6.51. The molecule has 0 aliphatic heterocycles. The molecule has 13 heteroatoms. The Kier molecular flexibility index (Phi) is 6.04. The van der Waals surface area contributed by atoms with Gasteiger partial charge in [0.2, 0.25) is 0 Å². The number of nitrogens with zero attached hydrogens (tertiary/aromatic N) is 6. The van der Waals surface area contributed by atoms with Crippen molar-refractivity contribution in [3.8, 4) is 22.4 Å². The monoisotopic (exact) mass is 455 g/mol. The van der Waals surface area contributed by atoms with Crippen LogP contribution in [0, 0.1) is 5.82 Å². The molecule has 4 heterocycles. The summed E-state index contributed by atoms with van der Waals surface area (Å²) in [6, 6.07) is 9.87. The number of hydrogen-bond donors (Lipinski definition) is 3. The zero-order chi connectivity index (χ0) is 22.7. The molecule has 4 N–H and O–H groups in total. The molecule has 0 amide bonds. The first-order valence-corrected chi connectivity index (χ1v) is 9.89. The molecule has 11 nitrogen and oxygen atoms in total. The van der Waals surface area contributed by atoms with E-state index in [9.17, 15) is 4.39 Å². The van der Waals surface area contributed by atoms with Gasteiger partial charge >= 0.3 is 11.4 Å². The first-order valence-electron chi connectivity index (χ1n) is 8.86. The molecule has 0 bridgehead atoms. The Morgan fingerprint density at radius 3 is 2.34 bits per heavy atom. The number of nitrogens with two attached hydrogens (primary N) is 1. The summed E-state index contributed by atoms with van der Waals surface area (Å²) in [5, 5.41) is 11.3. The van der Waals surface area contributed by atoms with Crippen molar-refractivity contribution in [3.63, 3.8) is 0 Å². The molecule has 162 valence electrons. The van der Waals surface area contributed by atoms with Crippen LogP contribution in [-0.4, -0.2) is 43.6 Å². The van der Waals surface area contributed by atoms with Gasteiger partial charge in [-0.25, -0.2) is 29.1 Å². The van der Waals surface area contributed by atoms with Crippen molar-refractivity contribution < 1.29 is 22.7 Å². The molecular formula is C19H14FN7O4S. The van der Waals surface area contributed by atoms with Crippen molar-refractivity contribution in [1.29, 1.82) is 0 Å². The number of nitrogen functional groups attached to an aromatic ring is 1. The van der Waals surface area contributed by atoms with E-state index < -0.39 is 11.4 Å². The zero-order valence-corrected chi connectivity index (χ0v) is 16.8. The lowest BCUT2D eigenvalue weighted by atomic mass is 9.98. The lowest BCUT2D eigenvalue weighted by Crippen LogP contribution is -2.01. The molecule has 1 aromatic carbocycles. The predicted octanol–water partition coefficient (Wildman–Crippen LogP) is 2.74. The fraction of sp³-hybridized carbons (Fsp3) is 0. The van der Waals surface area contributed by atoms with Crippen LogP contribution < -0.4 is 5.73 Å². The number of benzene rings is 1. The summed E-state index contributed by atoms with van der Waals surface area (Å²) in [4.78, 5) is 17.5. The van der Waals surface area contributed by atoms with Crippen LogP contribution >= 0.6 is 0 Å². The molecule has 0 aliphatic carbocycles. The molecule has 1 atom stereocenters. The third kappa shape index (κ3) is 4.26. The van der Waals surface area contributed by atoms with Crippen LogP contribution in [0.5, 0.6) is 0 Å². The van der Waals surface area contributed by atoms with Crippen LogP contribution in [0.15, 0.2) is 61.3 Å². The third-order valence-corrected chi connectivity index (χ3v) is 4.52. The minimum atomic E-state index is -2.52. The summed E-state index contributed by atoms with van der Waals surface area (Å²) in [7, 11) is 0. The van der Waals surface area contributed by atoms with E-state index in [4.69, 9.17) is 19.8 Å². The molecule has 1 unspecified atom stereocenters. The Bertz CT molecular complexity index is 1430. The quantitative estimate of drug-likeness (QED) is 0.209. The van der Waals surface area contributed by atoms with Crippen molar-refractivity contribution >= 4 is 33.9 Å². The van der Waals surface area contributed by atoms with Gasteiger partial charge in [0.05, 0.1) is 5.69 Å². The summed E-state index contributed by atoms with van der Waals surface area (Å²) in [5.41, 5.74) is 10.9. The van der Waals surface area contributed by atoms with E-state index >= 15 is 0 Å². The van der Waals surface area contributed by atoms with Crippen molar-refractivity contribution in [1.82, 2.24) is 29.5 Å². The van der Waals surface area contributed by atoms with Gasteiger partial charge < -0.3 is 5.73 Å². The lowest BCUT2D eigenvalue weighted by Gasteiger charge is -2.13. The number of rotatable bonds is 3. The minimum Gasteiger partial charge on any atom is -0.382 e. The smallest absolute Gasteiger partial charge is 0.330 e. The fourth-order valence-corrected chi connectivity index (χ4v) is 3.10. The summed E-state index contributed by atoms with van der Waals surface area (Å²) >= 11 is -2.52. The maximum absolute atomic E-state index is 13.4. The lowest BCUT2D eigenvalue weighted by molar-refractivity contribution is -0.131. The van der Waals surface area contributed by atoms with E-state index in [-0.39, 0.29) is 11.6 Å². The van der Waals surface area contributed by atoms with E-state index in [0.29, 0.717) is 16.7 Å². The predicted molar refractivity (Wildman–Crippen MR) is 114 cm³/mol. The van der Waals surface area contributed by atoms with Gasteiger partial charge in [0, 0.05) is 35.3 Å². The molecule has 5 rings (SSSR count). The van der Waals surface area contributed by atoms with Gasteiger partial charge in [0.1, 0.15) is 23.2 Å². The SMILES string of the molecule is Nc1nc(-c2ccc(F)cc2)c(-c2ccc3ncnn3c2)c2nccnc12.O=S(O)OO. The van der Waals surface area contributed by atoms with E-state index in [1.807, 2.05) is 18.3 Å². The van der Waals surface area contributed by atoms with E-state index in [0.717, 1.165) is 22.3 Å². The average Bonchev–Trinajstić information content (AvgIpc) is 3.28. The highest BCUT2D eigenvalue weighted by atomic mass is 32.2. The van der Waals surface area contributed by atoms with Gasteiger partial charge in [-0.05, 0) is 36.4 Å². The molecule has 0 fully saturated rings. The Morgan fingerprint density at radius 2 is 1.66 bits per heavy atom. The highest BCUT2D eigenvalue weighted by Crippen LogP contribution is 2.37. The summed E-state index contributed by atoms with van der Waals surface area (Å²) in [6.45, 7) is 0. The number of fused-ring (bicyclic) bond motifs is 2. The first kappa shape index (κ1) is 21.3. The largest absolute Gasteiger partial charge is 0.382 e. The van der Waals surface area contributed by atoms with Crippen LogP contribution in [0.1, 0.15) is 0 Å². The second-order valence-electron chi connectivity index (χ2n) is 6.25. The summed E-state index contributed by atoms with van der Waals surface area (Å²) in [5.74, 6) is -0.0547. The van der Waals surface area contributed by atoms with Gasteiger partial charge in [0.15, 0.2) is 11.5 Å². The van der Waals surface area contributed by atoms with Crippen molar-refractivity contribution in [2.75, 3.05) is 5.73 Å². The number of aromatic nitrogens is 6. The van der Waals surface area contributed by atoms with Crippen LogP contribution in [0.3, 0.4) is 0 Å². The van der Waals surface area contributed by atoms with Crippen LogP contribution in [0.4, 0.5) is 10.2 Å². The van der Waals surface area contributed by atoms with Crippen LogP contribution in [-0.2, 0) is 15.7 Å². The van der Waals surface area contributed by atoms with Gasteiger partial charge in [-0.1, -0.05) is 0 Å². The third-order valence-electron chi connectivity index (χ3n) is 4.39. The molecule has 5 aromatic rings. The van der Waals surface area contributed by atoms with Crippen molar-refractivity contribution in [2.24, 2.45) is 0 Å². The average molecular weight is 455 g/mol. The zero-order valence-electron chi connectivity index (χ0n) is 16.0. The molecule has 0 saturated carbocycles. The molecule has 32 heavy (non-hydrogen) atoms. The molecular weight excluding hydrogens is 441 g/mol. The molecule has 0 aliphatic rings. The normalized spacial score (nSPS) is 11.8. The number of halogens is 1. The molecule has 4 aromatic heterocycles. The van der Waals surface area contributed by atoms with Crippen molar-refractivity contribution in [3.05, 3.63) is 67.1 Å². The number of pyridine rings is 2. The van der Waals surface area contributed by atoms with Crippen molar-refractivity contribution in [2.45, 2.75) is 0 Å². The highest BCUT2D eigenvalue weighted by molar-refractivity contribution is 7.74. The molecule has 0 spiro atoms. The van der Waals surface area contributed by atoms with Crippen LogP contribution in [0.25, 0.3) is 39.1 Å². The van der Waals surface area contributed by atoms with E-state index in [1.54, 1.807) is 29.0 Å². The minimum absolute atomic E-state index is 0.267. The van der Waals surface area contributed by atoms with Gasteiger partial charge in [0.25, 0.3) is 0 Å². The topological polar surface area (TPSA) is 162 Å². The van der Waals surface area contributed by atoms with E-state index in [2.05, 4.69) is 29.4 Å². The van der Waals surface area contributed by atoms with Gasteiger partial charge in [-0.15, -0.1) is 4.33 Å². The number of hydrogen-bond acceptors (Lipinski definition) is 9. The van der Waals surface area contributed by atoms with E-state index in [1.165, 1.54) is 18.5 Å². The molecule has 0 saturated heterocycles. The standard InChI is InChI=1S/C19H12FN7.H2O4S/c20-13-4-1-11(2-5-13)16-15(12-3-6-14-24-10-25-27(14)9-12)17-18(19(21)26-16)23-8-7-22-17;1-4-5(2)3/h1-10H,(H2,21,26);1H,(H,2,3). The number of anilines is 1. The second kappa shape index (κ2) is 9.07. The van der Waals surface area contributed by atoms with Crippen LogP contribution in [0.2, 0.25) is 0 Å². The van der Waals surface area contributed by atoms with Gasteiger partial charge in [-0.3, -0.25) is 9.54 Å². The Morgan fingerprint density at radius 1 is 1.00 bits per heavy atom. The molecule has 0 radical (unpaired) electrons.